The van der Waals surface area contributed by atoms with Gasteiger partial charge in [0, 0.05) is 10.7 Å². The zero-order valence-corrected chi connectivity index (χ0v) is 17.3. The average molecular weight is 419 g/mol. The number of hydrogen-bond acceptors (Lipinski definition) is 6. The van der Waals surface area contributed by atoms with Gasteiger partial charge in [-0.3, -0.25) is 4.79 Å². The molecule has 1 amide bonds. The standard InChI is InChI=1S/C19H19ClN4OS2/c1-12-6-5-7-14(10-12)22-18-23-24-19(27-18)26-11-17(25)21-13(2)15-8-3-4-9-16(15)20/h3-10,13H,11H2,1-2H3,(H,21,25)(H,22,23)/t13-/m0/s1. The highest BCUT2D eigenvalue weighted by molar-refractivity contribution is 8.01. The molecule has 0 saturated carbocycles. The molecular formula is C19H19ClN4OS2. The number of nitrogens with one attached hydrogen (secondary N) is 2. The second-order valence-corrected chi connectivity index (χ2v) is 8.57. The molecule has 0 aliphatic heterocycles. The molecule has 5 nitrogen and oxygen atoms in total. The van der Waals surface area contributed by atoms with Crippen LogP contribution in [0.5, 0.6) is 0 Å². The van der Waals surface area contributed by atoms with E-state index in [1.807, 2.05) is 62.4 Å². The molecule has 0 aliphatic rings. The summed E-state index contributed by atoms with van der Waals surface area (Å²) < 4.78 is 0.741. The van der Waals surface area contributed by atoms with Gasteiger partial charge in [-0.2, -0.15) is 0 Å². The Hall–Kier alpha value is -2.09. The van der Waals surface area contributed by atoms with Crippen LogP contribution in [0.3, 0.4) is 0 Å². The number of carbonyl (C=O) groups excluding carboxylic acids is 1. The summed E-state index contributed by atoms with van der Waals surface area (Å²) in [6.07, 6.45) is 0. The number of thioether (sulfide) groups is 1. The number of hydrogen-bond donors (Lipinski definition) is 2. The Morgan fingerprint density at radius 2 is 2.04 bits per heavy atom. The SMILES string of the molecule is Cc1cccc(Nc2nnc(SCC(=O)N[C@@H](C)c3ccccc3Cl)s2)c1. The van der Waals surface area contributed by atoms with E-state index >= 15 is 0 Å². The van der Waals surface area contributed by atoms with Gasteiger partial charge in [0.05, 0.1) is 11.8 Å². The van der Waals surface area contributed by atoms with E-state index in [-0.39, 0.29) is 17.7 Å². The molecular weight excluding hydrogens is 400 g/mol. The van der Waals surface area contributed by atoms with Gasteiger partial charge in [0.2, 0.25) is 11.0 Å². The van der Waals surface area contributed by atoms with Crippen LogP contribution >= 0.6 is 34.7 Å². The molecule has 8 heteroatoms. The van der Waals surface area contributed by atoms with E-state index in [4.69, 9.17) is 11.6 Å². The molecule has 3 aromatic rings. The molecule has 0 aliphatic carbocycles. The van der Waals surface area contributed by atoms with Crippen molar-refractivity contribution in [1.29, 1.82) is 0 Å². The summed E-state index contributed by atoms with van der Waals surface area (Å²) in [6.45, 7) is 3.95. The predicted octanol–water partition coefficient (Wildman–Crippen LogP) is 5.21. The van der Waals surface area contributed by atoms with Gasteiger partial charge in [0.15, 0.2) is 4.34 Å². The first-order valence-corrected chi connectivity index (χ1v) is 10.5. The van der Waals surface area contributed by atoms with Gasteiger partial charge < -0.3 is 10.6 Å². The molecule has 0 fully saturated rings. The van der Waals surface area contributed by atoms with Gasteiger partial charge in [-0.15, -0.1) is 10.2 Å². The van der Waals surface area contributed by atoms with Crippen LogP contribution in [0.15, 0.2) is 52.9 Å². The van der Waals surface area contributed by atoms with E-state index in [1.54, 1.807) is 0 Å². The van der Waals surface area contributed by atoms with Crippen molar-refractivity contribution in [2.45, 2.75) is 24.2 Å². The largest absolute Gasteiger partial charge is 0.349 e. The lowest BCUT2D eigenvalue weighted by Crippen LogP contribution is -2.28. The third kappa shape index (κ3) is 5.69. The van der Waals surface area contributed by atoms with Crippen molar-refractivity contribution in [2.75, 3.05) is 11.1 Å². The minimum Gasteiger partial charge on any atom is -0.349 e. The highest BCUT2D eigenvalue weighted by Gasteiger charge is 2.13. The lowest BCUT2D eigenvalue weighted by atomic mass is 10.1. The van der Waals surface area contributed by atoms with E-state index in [1.165, 1.54) is 28.7 Å². The van der Waals surface area contributed by atoms with Crippen LogP contribution in [-0.2, 0) is 4.79 Å². The first kappa shape index (κ1) is 19.7. The van der Waals surface area contributed by atoms with Gasteiger partial charge in [0.25, 0.3) is 0 Å². The van der Waals surface area contributed by atoms with Gasteiger partial charge in [-0.25, -0.2) is 0 Å². The number of benzene rings is 2. The molecule has 27 heavy (non-hydrogen) atoms. The zero-order valence-electron chi connectivity index (χ0n) is 14.9. The fraction of sp³-hybridized carbons (Fsp3) is 0.211. The maximum atomic E-state index is 12.2. The molecule has 0 unspecified atom stereocenters. The van der Waals surface area contributed by atoms with Crippen LogP contribution in [0.2, 0.25) is 5.02 Å². The summed E-state index contributed by atoms with van der Waals surface area (Å²) in [5.74, 6) is 0.198. The smallest absolute Gasteiger partial charge is 0.230 e. The summed E-state index contributed by atoms with van der Waals surface area (Å²) in [7, 11) is 0. The number of rotatable bonds is 7. The summed E-state index contributed by atoms with van der Waals surface area (Å²) in [5, 5.41) is 15.8. The third-order valence-electron chi connectivity index (χ3n) is 3.75. The van der Waals surface area contributed by atoms with Crippen molar-refractivity contribution in [3.8, 4) is 0 Å². The monoisotopic (exact) mass is 418 g/mol. The number of anilines is 2. The molecule has 1 aromatic heterocycles. The Bertz CT molecular complexity index is 931. The van der Waals surface area contributed by atoms with Crippen LogP contribution in [0, 0.1) is 6.92 Å². The number of aryl methyl sites for hydroxylation is 1. The lowest BCUT2D eigenvalue weighted by Gasteiger charge is -2.15. The van der Waals surface area contributed by atoms with Gasteiger partial charge >= 0.3 is 0 Å². The Morgan fingerprint density at radius 1 is 1.22 bits per heavy atom. The first-order chi connectivity index (χ1) is 13.0. The maximum absolute atomic E-state index is 12.2. The molecule has 2 N–H and O–H groups in total. The quantitative estimate of drug-likeness (QED) is 0.515. The van der Waals surface area contributed by atoms with Crippen LogP contribution in [0.4, 0.5) is 10.8 Å². The van der Waals surface area contributed by atoms with Crippen LogP contribution < -0.4 is 10.6 Å². The van der Waals surface area contributed by atoms with Crippen molar-refractivity contribution in [2.24, 2.45) is 0 Å². The van der Waals surface area contributed by atoms with Crippen molar-refractivity contribution in [3.05, 3.63) is 64.7 Å². The molecule has 3 rings (SSSR count). The van der Waals surface area contributed by atoms with Crippen LogP contribution in [0.25, 0.3) is 0 Å². The van der Waals surface area contributed by atoms with Crippen molar-refractivity contribution in [3.63, 3.8) is 0 Å². The molecule has 140 valence electrons. The van der Waals surface area contributed by atoms with Crippen molar-refractivity contribution >= 4 is 51.4 Å². The number of nitrogens with zero attached hydrogens (tertiary/aromatic N) is 2. The Kier molecular flexibility index (Phi) is 6.71. The Morgan fingerprint density at radius 3 is 2.81 bits per heavy atom. The molecule has 1 atom stereocenters. The lowest BCUT2D eigenvalue weighted by molar-refractivity contribution is -0.119. The van der Waals surface area contributed by atoms with Gasteiger partial charge in [-0.05, 0) is 43.2 Å². The van der Waals surface area contributed by atoms with Crippen LogP contribution in [-0.4, -0.2) is 21.9 Å². The zero-order chi connectivity index (χ0) is 19.2. The number of aromatic nitrogens is 2. The fourth-order valence-electron chi connectivity index (χ4n) is 2.48. The average Bonchev–Trinajstić information content (AvgIpc) is 3.07. The molecule has 0 bridgehead atoms. The van der Waals surface area contributed by atoms with E-state index in [9.17, 15) is 4.79 Å². The topological polar surface area (TPSA) is 66.9 Å². The van der Waals surface area contributed by atoms with Crippen molar-refractivity contribution in [1.82, 2.24) is 15.5 Å². The van der Waals surface area contributed by atoms with E-state index < -0.39 is 0 Å². The highest BCUT2D eigenvalue weighted by Crippen LogP contribution is 2.28. The fourth-order valence-corrected chi connectivity index (χ4v) is 4.36. The van der Waals surface area contributed by atoms with Gasteiger partial charge in [0.1, 0.15) is 0 Å². The summed E-state index contributed by atoms with van der Waals surface area (Å²) in [6, 6.07) is 15.4. The molecule has 2 aromatic carbocycles. The summed E-state index contributed by atoms with van der Waals surface area (Å²) in [4.78, 5) is 12.2. The Labute approximate surface area is 171 Å². The predicted molar refractivity (Wildman–Crippen MR) is 113 cm³/mol. The third-order valence-corrected chi connectivity index (χ3v) is 6.07. The molecule has 1 heterocycles. The molecule has 0 saturated heterocycles. The van der Waals surface area contributed by atoms with Crippen LogP contribution in [0.1, 0.15) is 24.1 Å². The summed E-state index contributed by atoms with van der Waals surface area (Å²) in [5.41, 5.74) is 3.04. The maximum Gasteiger partial charge on any atom is 0.230 e. The summed E-state index contributed by atoms with van der Waals surface area (Å²) >= 11 is 8.96. The number of carbonyl (C=O) groups is 1. The first-order valence-electron chi connectivity index (χ1n) is 8.35. The minimum atomic E-state index is -0.153. The van der Waals surface area contributed by atoms with Gasteiger partial charge in [-0.1, -0.05) is 65.0 Å². The van der Waals surface area contributed by atoms with Crippen molar-refractivity contribution < 1.29 is 4.79 Å². The molecule has 0 spiro atoms. The van der Waals surface area contributed by atoms with E-state index in [2.05, 4.69) is 20.8 Å². The second-order valence-electron chi connectivity index (χ2n) is 5.97. The second kappa shape index (κ2) is 9.21. The molecule has 0 radical (unpaired) electrons. The highest BCUT2D eigenvalue weighted by atomic mass is 35.5. The minimum absolute atomic E-state index is 0.0733. The number of halogens is 1. The number of amides is 1. The van der Waals surface area contributed by atoms with E-state index in [0.29, 0.717) is 10.2 Å². The normalized spacial score (nSPS) is 11.8. The Balaban J connectivity index is 1.51. The van der Waals surface area contributed by atoms with E-state index in [0.717, 1.165) is 15.6 Å².